The van der Waals surface area contributed by atoms with Crippen LogP contribution in [0.15, 0.2) is 29.3 Å². The van der Waals surface area contributed by atoms with Crippen molar-refractivity contribution >= 4 is 29.9 Å². The number of guanidine groups is 1. The van der Waals surface area contributed by atoms with Gasteiger partial charge in [0.2, 0.25) is 0 Å². The van der Waals surface area contributed by atoms with Crippen molar-refractivity contribution in [2.75, 3.05) is 60.0 Å². The van der Waals surface area contributed by atoms with E-state index in [1.807, 2.05) is 14.0 Å². The third-order valence-corrected chi connectivity index (χ3v) is 4.92. The number of hydrogen-bond donors (Lipinski definition) is 2. The highest BCUT2D eigenvalue weighted by atomic mass is 127. The Kier molecular flexibility index (Phi) is 13.5. The van der Waals surface area contributed by atoms with Gasteiger partial charge in [-0.1, -0.05) is 24.3 Å². The van der Waals surface area contributed by atoms with Gasteiger partial charge in [0, 0.05) is 66.1 Å². The highest BCUT2D eigenvalue weighted by Gasteiger charge is 2.13. The van der Waals surface area contributed by atoms with E-state index in [9.17, 15) is 0 Å². The monoisotopic (exact) mass is 503 g/mol. The van der Waals surface area contributed by atoms with Crippen molar-refractivity contribution < 1.29 is 4.74 Å². The van der Waals surface area contributed by atoms with Crippen molar-refractivity contribution in [3.8, 4) is 0 Å². The highest BCUT2D eigenvalue weighted by Crippen LogP contribution is 2.09. The number of benzene rings is 1. The molecule has 0 atom stereocenters. The molecule has 160 valence electrons. The zero-order valence-electron chi connectivity index (χ0n) is 17.7. The molecule has 0 saturated carbocycles. The number of hydrogen-bond acceptors (Lipinski definition) is 4. The molecule has 1 aromatic carbocycles. The summed E-state index contributed by atoms with van der Waals surface area (Å²) in [7, 11) is 4.01. The van der Waals surface area contributed by atoms with Gasteiger partial charge in [-0.15, -0.1) is 24.0 Å². The van der Waals surface area contributed by atoms with Crippen LogP contribution in [-0.2, 0) is 17.8 Å². The van der Waals surface area contributed by atoms with Crippen molar-refractivity contribution in [3.05, 3.63) is 35.4 Å². The number of nitrogens with one attached hydrogen (secondary N) is 2. The van der Waals surface area contributed by atoms with Crippen molar-refractivity contribution in [2.45, 2.75) is 32.9 Å². The number of piperazine rings is 1. The molecule has 2 N–H and O–H groups in total. The lowest BCUT2D eigenvalue weighted by molar-refractivity contribution is 0.143. The zero-order chi connectivity index (χ0) is 19.3. The summed E-state index contributed by atoms with van der Waals surface area (Å²) >= 11 is 0. The molecule has 0 unspecified atom stereocenters. The van der Waals surface area contributed by atoms with Gasteiger partial charge in [0.05, 0.1) is 0 Å². The maximum absolute atomic E-state index is 5.36. The number of likely N-dealkylation sites (N-methyl/N-ethyl adjacent to an activating group) is 1. The second-order valence-corrected chi connectivity index (χ2v) is 7.15. The number of rotatable bonds is 10. The summed E-state index contributed by atoms with van der Waals surface area (Å²) in [6.07, 6.45) is 2.16. The van der Waals surface area contributed by atoms with Crippen molar-refractivity contribution in [2.24, 2.45) is 4.99 Å². The lowest BCUT2D eigenvalue weighted by atomic mass is 10.1. The van der Waals surface area contributed by atoms with Crippen LogP contribution in [0.25, 0.3) is 0 Å². The Morgan fingerprint density at radius 3 is 2.36 bits per heavy atom. The van der Waals surface area contributed by atoms with Gasteiger partial charge in [-0.3, -0.25) is 9.89 Å². The summed E-state index contributed by atoms with van der Waals surface area (Å²) in [6, 6.07) is 8.93. The van der Waals surface area contributed by atoms with Crippen LogP contribution in [0.1, 0.15) is 30.9 Å². The summed E-state index contributed by atoms with van der Waals surface area (Å²) in [5.74, 6) is 0.855. The summed E-state index contributed by atoms with van der Waals surface area (Å²) in [5, 5.41) is 6.74. The number of unbranched alkanes of at least 4 members (excludes halogenated alkanes) is 1. The van der Waals surface area contributed by atoms with Gasteiger partial charge >= 0.3 is 0 Å². The maximum Gasteiger partial charge on any atom is 0.191 e. The Balaban J connectivity index is 0.00000392. The molecule has 0 radical (unpaired) electrons. The number of halogens is 1. The third kappa shape index (κ3) is 10.0. The van der Waals surface area contributed by atoms with Crippen molar-refractivity contribution in [3.63, 3.8) is 0 Å². The Hall–Kier alpha value is -0.900. The lowest BCUT2D eigenvalue weighted by Crippen LogP contribution is -2.43. The predicted molar refractivity (Wildman–Crippen MR) is 129 cm³/mol. The van der Waals surface area contributed by atoms with Crippen LogP contribution in [0.5, 0.6) is 0 Å². The van der Waals surface area contributed by atoms with E-state index >= 15 is 0 Å². The molecule has 1 aliphatic rings. The molecule has 1 aromatic rings. The van der Waals surface area contributed by atoms with Crippen LogP contribution in [0.2, 0.25) is 0 Å². The standard InChI is InChI=1S/C21H37N5O.HI/c1-4-27-16-6-5-11-23-21(22-2)24-17-19-7-9-20(10-8-19)18-26-14-12-25(3)13-15-26;/h7-10H,4-6,11-18H2,1-3H3,(H2,22,23,24);1H. The summed E-state index contributed by atoms with van der Waals surface area (Å²) in [6.45, 7) is 11.1. The van der Waals surface area contributed by atoms with E-state index in [1.54, 1.807) is 0 Å². The predicted octanol–water partition coefficient (Wildman–Crippen LogP) is 2.53. The molecular formula is C21H38IN5O. The Morgan fingerprint density at radius 2 is 1.71 bits per heavy atom. The molecule has 0 bridgehead atoms. The molecule has 0 spiro atoms. The lowest BCUT2D eigenvalue weighted by Gasteiger charge is -2.32. The summed E-state index contributed by atoms with van der Waals surface area (Å²) < 4.78 is 5.36. The van der Waals surface area contributed by atoms with Crippen LogP contribution in [0, 0.1) is 0 Å². The first-order chi connectivity index (χ1) is 13.2. The summed E-state index contributed by atoms with van der Waals surface area (Å²) in [5.41, 5.74) is 2.66. The smallest absolute Gasteiger partial charge is 0.191 e. The first kappa shape index (κ1) is 25.1. The minimum Gasteiger partial charge on any atom is -0.382 e. The Labute approximate surface area is 188 Å². The molecule has 1 saturated heterocycles. The van der Waals surface area contributed by atoms with E-state index in [2.05, 4.69) is 56.7 Å². The van der Waals surface area contributed by atoms with E-state index in [1.165, 1.54) is 24.2 Å². The van der Waals surface area contributed by atoms with E-state index in [-0.39, 0.29) is 24.0 Å². The average molecular weight is 503 g/mol. The molecule has 6 nitrogen and oxygen atoms in total. The first-order valence-corrected chi connectivity index (χ1v) is 10.2. The molecular weight excluding hydrogens is 465 g/mol. The molecule has 1 fully saturated rings. The van der Waals surface area contributed by atoms with E-state index in [0.717, 1.165) is 64.7 Å². The quantitative estimate of drug-likeness (QED) is 0.223. The van der Waals surface area contributed by atoms with E-state index in [0.29, 0.717) is 0 Å². The van der Waals surface area contributed by atoms with E-state index in [4.69, 9.17) is 4.74 Å². The van der Waals surface area contributed by atoms with Gasteiger partial charge in [0.25, 0.3) is 0 Å². The number of ether oxygens (including phenoxy) is 1. The van der Waals surface area contributed by atoms with Crippen LogP contribution in [0.4, 0.5) is 0 Å². The Morgan fingerprint density at radius 1 is 1.04 bits per heavy atom. The molecule has 28 heavy (non-hydrogen) atoms. The van der Waals surface area contributed by atoms with Gasteiger partial charge in [0.1, 0.15) is 0 Å². The number of nitrogens with zero attached hydrogens (tertiary/aromatic N) is 3. The van der Waals surface area contributed by atoms with Gasteiger partial charge in [-0.25, -0.2) is 0 Å². The third-order valence-electron chi connectivity index (χ3n) is 4.92. The molecule has 0 aromatic heterocycles. The van der Waals surface area contributed by atoms with Gasteiger partial charge in [-0.2, -0.15) is 0 Å². The van der Waals surface area contributed by atoms with Crippen molar-refractivity contribution in [1.82, 2.24) is 20.4 Å². The van der Waals surface area contributed by atoms with Crippen LogP contribution in [-0.4, -0.2) is 75.8 Å². The van der Waals surface area contributed by atoms with Crippen LogP contribution in [0.3, 0.4) is 0 Å². The Bertz CT molecular complexity index is 544. The fourth-order valence-electron chi connectivity index (χ4n) is 3.11. The van der Waals surface area contributed by atoms with Crippen LogP contribution < -0.4 is 10.6 Å². The largest absolute Gasteiger partial charge is 0.382 e. The minimum absolute atomic E-state index is 0. The topological polar surface area (TPSA) is 52.1 Å². The number of aliphatic imine (C=N–C) groups is 1. The van der Waals surface area contributed by atoms with E-state index < -0.39 is 0 Å². The fraction of sp³-hybridized carbons (Fsp3) is 0.667. The molecule has 1 aliphatic heterocycles. The second kappa shape index (κ2) is 15.0. The van der Waals surface area contributed by atoms with Crippen LogP contribution >= 0.6 is 24.0 Å². The second-order valence-electron chi connectivity index (χ2n) is 7.15. The van der Waals surface area contributed by atoms with Gasteiger partial charge < -0.3 is 20.3 Å². The van der Waals surface area contributed by atoms with Crippen molar-refractivity contribution in [1.29, 1.82) is 0 Å². The summed E-state index contributed by atoms with van der Waals surface area (Å²) in [4.78, 5) is 9.22. The molecule has 0 aliphatic carbocycles. The minimum atomic E-state index is 0. The SMILES string of the molecule is CCOCCCCNC(=NC)NCc1ccc(CN2CCN(C)CC2)cc1.I. The fourth-order valence-corrected chi connectivity index (χ4v) is 3.11. The maximum atomic E-state index is 5.36. The van der Waals surface area contributed by atoms with Gasteiger partial charge in [-0.05, 0) is 37.9 Å². The zero-order valence-corrected chi connectivity index (χ0v) is 20.1. The first-order valence-electron chi connectivity index (χ1n) is 10.2. The molecule has 7 heteroatoms. The molecule has 1 heterocycles. The average Bonchev–Trinajstić information content (AvgIpc) is 2.70. The normalized spacial score (nSPS) is 15.9. The molecule has 0 amide bonds. The highest BCUT2D eigenvalue weighted by molar-refractivity contribution is 14.0. The van der Waals surface area contributed by atoms with Gasteiger partial charge in [0.15, 0.2) is 5.96 Å². The molecule has 2 rings (SSSR count).